The normalized spacial score (nSPS) is 12.4. The van der Waals surface area contributed by atoms with Gasteiger partial charge < -0.3 is 0 Å². The molecule has 0 saturated carbocycles. The molecule has 152 valence electrons. The van der Waals surface area contributed by atoms with Gasteiger partial charge in [-0.25, -0.2) is 0 Å². The Morgan fingerprint density at radius 1 is 0.276 bits per heavy atom. The van der Waals surface area contributed by atoms with E-state index in [1.807, 2.05) is 68.4 Å². The van der Waals surface area contributed by atoms with Crippen LogP contribution in [0.1, 0.15) is 0 Å². The van der Waals surface area contributed by atoms with E-state index in [1.54, 1.807) is 0 Å². The van der Waals surface area contributed by atoms with Gasteiger partial charge in [0.25, 0.3) is 0 Å². The fourth-order valence-corrected chi connectivity index (χ4v) is 39.8. The van der Waals surface area contributed by atoms with Gasteiger partial charge in [0.05, 0.1) is 0 Å². The van der Waals surface area contributed by atoms with E-state index in [-0.39, 0.29) is 0 Å². The van der Waals surface area contributed by atoms with Crippen molar-refractivity contribution in [3.63, 3.8) is 0 Å². The van der Waals surface area contributed by atoms with Gasteiger partial charge >= 0.3 is 0 Å². The van der Waals surface area contributed by atoms with E-state index in [0.29, 0.717) is 0 Å². The third kappa shape index (κ3) is 2.98. The second-order valence-corrected chi connectivity index (χ2v) is 25.3. The molecule has 0 nitrogen and oxygen atoms in total. The minimum Gasteiger partial charge on any atom is -0.106 e. The summed E-state index contributed by atoms with van der Waals surface area (Å²) < 4.78 is -0.507. The lowest BCUT2D eigenvalue weighted by Crippen LogP contribution is -2.79. The van der Waals surface area contributed by atoms with E-state index in [2.05, 4.69) is 78.9 Å². The van der Waals surface area contributed by atoms with Crippen molar-refractivity contribution in [1.29, 1.82) is 0 Å². The van der Waals surface area contributed by atoms with Crippen LogP contribution in [0.2, 0.25) is 3.91 Å². The molecule has 0 aliphatic heterocycles. The molecule has 4 heteroatoms. The van der Waals surface area contributed by atoms with Crippen LogP contribution in [0.5, 0.6) is 0 Å². The first-order chi connectivity index (χ1) is 13.7. The van der Waals surface area contributed by atoms with Gasteiger partial charge in [-0.1, -0.05) is 68.4 Å². The van der Waals surface area contributed by atoms with E-state index >= 15 is 0 Å². The molecule has 0 bridgehead atoms. The van der Waals surface area contributed by atoms with Crippen LogP contribution < -0.4 is 0 Å². The fourth-order valence-electron chi connectivity index (χ4n) is 5.09. The van der Waals surface area contributed by atoms with Crippen molar-refractivity contribution in [2.24, 2.45) is 0 Å². The molecule has 0 aromatic carbocycles. The topological polar surface area (TPSA) is 0 Å². The van der Waals surface area contributed by atoms with Crippen LogP contribution in [0, 0.1) is 0 Å². The van der Waals surface area contributed by atoms with Gasteiger partial charge in [-0.2, -0.15) is 0 Å². The molecule has 0 aromatic heterocycles. The highest BCUT2D eigenvalue weighted by Crippen LogP contribution is 2.63. The Labute approximate surface area is 183 Å². The zero-order chi connectivity index (χ0) is 23.0. The first-order valence-corrected chi connectivity index (χ1v) is 18.3. The van der Waals surface area contributed by atoms with E-state index in [0.717, 1.165) is 0 Å². The van der Waals surface area contributed by atoms with Crippen molar-refractivity contribution < 1.29 is 0 Å². The van der Waals surface area contributed by atoms with Crippen LogP contribution in [-0.4, -0.2) is 32.3 Å². The maximum absolute atomic E-state index is 4.27. The van der Waals surface area contributed by atoms with Gasteiger partial charge in [0.1, 0.15) is 32.3 Å². The number of rotatable bonds is 16. The van der Waals surface area contributed by atoms with Gasteiger partial charge in [0.15, 0.2) is 0 Å². The molecule has 0 N–H and O–H groups in total. The minimum atomic E-state index is -2.76. The second kappa shape index (κ2) is 9.98. The average Bonchev–Trinajstić information content (AvgIpc) is 2.79. The van der Waals surface area contributed by atoms with Gasteiger partial charge in [0, 0.05) is 0 Å². The third-order valence-electron chi connectivity index (χ3n) is 6.65. The lowest BCUT2D eigenvalue weighted by molar-refractivity contribution is 1.32. The quantitative estimate of drug-likeness (QED) is 0.227. The van der Waals surface area contributed by atoms with Crippen molar-refractivity contribution in [1.82, 2.24) is 0 Å². The minimum absolute atomic E-state index is 0.507. The summed E-state index contributed by atoms with van der Waals surface area (Å²) in [6.45, 7) is 51.2. The maximum atomic E-state index is 4.27. The van der Waals surface area contributed by atoms with Crippen LogP contribution in [0.15, 0.2) is 147 Å². The van der Waals surface area contributed by atoms with Crippen molar-refractivity contribution in [3.05, 3.63) is 147 Å². The molecule has 0 unspecified atom stereocenters. The smallest absolute Gasteiger partial charge is 0.106 e. The van der Waals surface area contributed by atoms with E-state index in [4.69, 9.17) is 0 Å². The Bertz CT molecular complexity index is 560. The molecule has 0 heterocycles. The Kier molecular flexibility index (Phi) is 9.21. The highest BCUT2D eigenvalue weighted by Gasteiger charge is 2.74. The summed E-state index contributed by atoms with van der Waals surface area (Å²) in [6, 6.07) is 0. The van der Waals surface area contributed by atoms with Crippen LogP contribution in [-0.2, 0) is 0 Å². The van der Waals surface area contributed by atoms with Crippen molar-refractivity contribution >= 4 is 32.3 Å². The SMILES string of the molecule is C=C[Si](C=C)(C=C)C([Si](C=C)(C=C)C=C)([Si](C=C)(C=C)C=C)[Si](C=C)(C=C)C=C. The fraction of sp³-hybridized carbons (Fsp3) is 0.0400. The van der Waals surface area contributed by atoms with Gasteiger partial charge in [-0.05, 0) is 3.91 Å². The van der Waals surface area contributed by atoms with Gasteiger partial charge in [-0.3, -0.25) is 0 Å². The summed E-state index contributed by atoms with van der Waals surface area (Å²) in [6.07, 6.45) is 0. The molecular formula is C25H36Si4. The van der Waals surface area contributed by atoms with E-state index < -0.39 is 36.2 Å². The van der Waals surface area contributed by atoms with E-state index in [9.17, 15) is 0 Å². The molecular weight excluding hydrogens is 413 g/mol. The van der Waals surface area contributed by atoms with Crippen LogP contribution in [0.4, 0.5) is 0 Å². The first-order valence-electron chi connectivity index (χ1n) is 9.36. The second-order valence-electron chi connectivity index (χ2n) is 6.93. The Hall–Kier alpha value is -2.25. The molecule has 0 aromatic rings. The monoisotopic (exact) mass is 448 g/mol. The van der Waals surface area contributed by atoms with Gasteiger partial charge in [-0.15, -0.1) is 78.9 Å². The summed E-state index contributed by atoms with van der Waals surface area (Å²) >= 11 is 0. The number of hydrogen-bond acceptors (Lipinski definition) is 0. The summed E-state index contributed by atoms with van der Waals surface area (Å²) in [5.74, 6) is 0. The molecule has 29 heavy (non-hydrogen) atoms. The van der Waals surface area contributed by atoms with Crippen molar-refractivity contribution in [2.45, 2.75) is 3.91 Å². The average molecular weight is 449 g/mol. The Morgan fingerprint density at radius 3 is 0.448 bits per heavy atom. The maximum Gasteiger partial charge on any atom is 0.125 e. The standard InChI is InChI=1S/C25H36Si4/c1-13-26(14-2,15-3)25(27(16-4,17-5)18-6,28(19-7,20-8)21-9)29(22-10,23-11)24-12/h13-24H,1-12H2. The summed E-state index contributed by atoms with van der Waals surface area (Å²) in [7, 11) is -11.0. The van der Waals surface area contributed by atoms with Crippen molar-refractivity contribution in [3.8, 4) is 0 Å². The van der Waals surface area contributed by atoms with Crippen LogP contribution in [0.3, 0.4) is 0 Å². The highest BCUT2D eigenvalue weighted by molar-refractivity contribution is 7.41. The molecule has 0 saturated heterocycles. The molecule has 0 amide bonds. The third-order valence-corrected chi connectivity index (χ3v) is 35.5. The predicted molar refractivity (Wildman–Crippen MR) is 148 cm³/mol. The zero-order valence-corrected chi connectivity index (χ0v) is 21.9. The van der Waals surface area contributed by atoms with Crippen LogP contribution >= 0.6 is 0 Å². The Balaban J connectivity index is 8.91. The summed E-state index contributed by atoms with van der Waals surface area (Å²) in [4.78, 5) is 0. The molecule has 0 spiro atoms. The highest BCUT2D eigenvalue weighted by atomic mass is 28.5. The largest absolute Gasteiger partial charge is 0.125 e. The molecule has 0 rings (SSSR count). The zero-order valence-electron chi connectivity index (χ0n) is 17.9. The Morgan fingerprint density at radius 2 is 0.379 bits per heavy atom. The predicted octanol–water partition coefficient (Wildman–Crippen LogP) is 6.84. The first kappa shape index (κ1) is 26.7. The molecule has 0 fully saturated rings. The van der Waals surface area contributed by atoms with Crippen LogP contribution in [0.25, 0.3) is 0 Å². The van der Waals surface area contributed by atoms with Gasteiger partial charge in [0.2, 0.25) is 0 Å². The lowest BCUT2D eigenvalue weighted by Gasteiger charge is -2.65. The van der Waals surface area contributed by atoms with Crippen molar-refractivity contribution in [2.75, 3.05) is 0 Å². The summed E-state index contributed by atoms with van der Waals surface area (Å²) in [5.41, 5.74) is 24.4. The summed E-state index contributed by atoms with van der Waals surface area (Å²) in [5, 5.41) is 0. The molecule has 0 radical (unpaired) electrons. The number of hydrogen-bond donors (Lipinski definition) is 0. The molecule has 0 aliphatic rings. The molecule has 0 aliphatic carbocycles. The van der Waals surface area contributed by atoms with E-state index in [1.165, 1.54) is 0 Å². The lowest BCUT2D eigenvalue weighted by atomic mass is 11.2. The molecule has 0 atom stereocenters.